The number of rotatable bonds is 3. The lowest BCUT2D eigenvalue weighted by Gasteiger charge is -2.53. The van der Waals surface area contributed by atoms with Crippen LogP contribution in [0.2, 0.25) is 0 Å². The first-order chi connectivity index (χ1) is 17.9. The van der Waals surface area contributed by atoms with Crippen LogP contribution >= 0.6 is 0 Å². The Morgan fingerprint density at radius 1 is 0.487 bits per heavy atom. The molecule has 0 N–H and O–H groups in total. The lowest BCUT2D eigenvalue weighted by atomic mass is 10.1. The zero-order chi connectivity index (χ0) is 28.9. The highest BCUT2D eigenvalue weighted by molar-refractivity contribution is 5.62. The van der Waals surface area contributed by atoms with Gasteiger partial charge in [0.2, 0.25) is 0 Å². The monoisotopic (exact) mass is 555 g/mol. The van der Waals surface area contributed by atoms with Gasteiger partial charge in [-0.2, -0.15) is 0 Å². The van der Waals surface area contributed by atoms with E-state index in [9.17, 15) is 14.4 Å². The van der Waals surface area contributed by atoms with Crippen LogP contribution < -0.4 is 0 Å². The Morgan fingerprint density at radius 2 is 0.718 bits per heavy atom. The number of carbonyl (C=O) groups is 3. The summed E-state index contributed by atoms with van der Waals surface area (Å²) in [5.41, 5.74) is -2.04. The number of hydrogen-bond donors (Lipinski definition) is 0. The minimum Gasteiger partial charge on any atom is -0.429 e. The maximum Gasteiger partial charge on any atom is 0.509 e. The van der Waals surface area contributed by atoms with Crippen molar-refractivity contribution >= 4 is 18.5 Å². The van der Waals surface area contributed by atoms with Crippen LogP contribution in [0.5, 0.6) is 0 Å². The zero-order valence-corrected chi connectivity index (χ0v) is 24.7. The summed E-state index contributed by atoms with van der Waals surface area (Å²) in [6, 6.07) is 0. The second-order valence-corrected chi connectivity index (χ2v) is 13.7. The van der Waals surface area contributed by atoms with Gasteiger partial charge in [-0.3, -0.25) is 14.7 Å². The van der Waals surface area contributed by atoms with E-state index in [1.165, 1.54) is 0 Å². The average molecular weight is 556 g/mol. The molecule has 12 heteroatoms. The Morgan fingerprint density at radius 3 is 0.923 bits per heavy atom. The van der Waals surface area contributed by atoms with Crippen LogP contribution in [0.4, 0.5) is 14.4 Å². The molecule has 222 valence electrons. The van der Waals surface area contributed by atoms with E-state index in [4.69, 9.17) is 28.4 Å². The lowest BCUT2D eigenvalue weighted by molar-refractivity contribution is -0.188. The van der Waals surface area contributed by atoms with E-state index >= 15 is 0 Å². The molecule has 4 rings (SSSR count). The van der Waals surface area contributed by atoms with E-state index < -0.39 is 53.6 Å². The van der Waals surface area contributed by atoms with Gasteiger partial charge < -0.3 is 28.4 Å². The van der Waals surface area contributed by atoms with Crippen LogP contribution in [0.3, 0.4) is 0 Å². The van der Waals surface area contributed by atoms with E-state index in [-0.39, 0.29) is 18.5 Å². The molecule has 0 unspecified atom stereocenters. The average Bonchev–Trinajstić information content (AvgIpc) is 3.41. The van der Waals surface area contributed by atoms with Crippen LogP contribution in [0, 0.1) is 0 Å². The quantitative estimate of drug-likeness (QED) is 0.369. The van der Waals surface area contributed by atoms with Gasteiger partial charge in [-0.25, -0.2) is 14.4 Å². The first kappa shape index (κ1) is 29.7. The number of ether oxygens (including phenoxy) is 6. The van der Waals surface area contributed by atoms with Crippen molar-refractivity contribution in [1.82, 2.24) is 14.7 Å². The maximum atomic E-state index is 12.6. The van der Waals surface area contributed by atoms with Crippen molar-refractivity contribution in [3.05, 3.63) is 0 Å². The fraction of sp³-hybridized carbons (Fsp3) is 0.889. The van der Waals surface area contributed by atoms with Gasteiger partial charge >= 0.3 is 18.5 Å². The van der Waals surface area contributed by atoms with Gasteiger partial charge in [0.15, 0.2) is 0 Å². The normalized spacial score (nSPS) is 31.6. The third kappa shape index (κ3) is 7.07. The van der Waals surface area contributed by atoms with Crippen LogP contribution in [-0.4, -0.2) is 106 Å². The van der Waals surface area contributed by atoms with Gasteiger partial charge in [-0.05, 0) is 62.3 Å². The first-order valence-electron chi connectivity index (χ1n) is 13.9. The summed E-state index contributed by atoms with van der Waals surface area (Å²) < 4.78 is 33.9. The largest absolute Gasteiger partial charge is 0.509 e. The predicted molar refractivity (Wildman–Crippen MR) is 139 cm³/mol. The molecule has 4 heterocycles. The van der Waals surface area contributed by atoms with Gasteiger partial charge in [-0.1, -0.05) is 0 Å². The Kier molecular flexibility index (Phi) is 8.05. The minimum absolute atomic E-state index is 0.293. The van der Waals surface area contributed by atoms with Gasteiger partial charge in [0.05, 0.1) is 0 Å². The Balaban J connectivity index is 1.57. The zero-order valence-electron chi connectivity index (χ0n) is 24.7. The molecule has 0 amide bonds. The van der Waals surface area contributed by atoms with Crippen molar-refractivity contribution in [2.24, 2.45) is 0 Å². The fourth-order valence-corrected chi connectivity index (χ4v) is 5.94. The summed E-state index contributed by atoms with van der Waals surface area (Å²) in [5.74, 6) is 0. The molecule has 3 atom stereocenters. The summed E-state index contributed by atoms with van der Waals surface area (Å²) in [6.07, 6.45) is -2.66. The number of nitrogens with zero attached hydrogens (tertiary/aromatic N) is 3. The van der Waals surface area contributed by atoms with Gasteiger partial charge in [-0.15, -0.1) is 0 Å². The van der Waals surface area contributed by atoms with Gasteiger partial charge in [0.1, 0.15) is 53.6 Å². The van der Waals surface area contributed by atoms with Crippen LogP contribution in [-0.2, 0) is 28.4 Å². The van der Waals surface area contributed by atoms with E-state index in [0.29, 0.717) is 38.9 Å². The summed E-state index contributed by atoms with van der Waals surface area (Å²) in [6.45, 7) is 18.0. The molecule has 0 radical (unpaired) electrons. The minimum atomic E-state index is -0.720. The maximum absolute atomic E-state index is 12.6. The first-order valence-corrected chi connectivity index (χ1v) is 13.9. The molecule has 0 aromatic heterocycles. The van der Waals surface area contributed by atoms with Crippen molar-refractivity contribution in [2.75, 3.05) is 19.6 Å². The van der Waals surface area contributed by atoms with Gasteiger partial charge in [0.25, 0.3) is 0 Å². The Hall–Kier alpha value is -2.31. The molecule has 4 aliphatic heterocycles. The van der Waals surface area contributed by atoms with Crippen LogP contribution in [0.1, 0.15) is 81.6 Å². The summed E-state index contributed by atoms with van der Waals surface area (Å²) in [7, 11) is 0. The molecule has 0 saturated carbocycles. The molecule has 4 saturated heterocycles. The highest BCUT2D eigenvalue weighted by atomic mass is 16.8. The molecular formula is C27H45N3O9. The highest BCUT2D eigenvalue weighted by Crippen LogP contribution is 2.44. The molecule has 4 fully saturated rings. The lowest BCUT2D eigenvalue weighted by Crippen LogP contribution is -2.71. The van der Waals surface area contributed by atoms with Crippen molar-refractivity contribution in [3.63, 3.8) is 0 Å². The fourth-order valence-electron chi connectivity index (χ4n) is 5.94. The van der Waals surface area contributed by atoms with E-state index in [1.54, 1.807) is 62.3 Å². The second-order valence-electron chi connectivity index (χ2n) is 13.7. The molecule has 12 nitrogen and oxygen atoms in total. The molecule has 4 aliphatic rings. The third-order valence-corrected chi connectivity index (χ3v) is 6.96. The van der Waals surface area contributed by atoms with Crippen LogP contribution in [0.15, 0.2) is 0 Å². The number of carbonyl (C=O) groups excluding carboxylic acids is 3. The van der Waals surface area contributed by atoms with Crippen LogP contribution in [0.25, 0.3) is 0 Å². The molecule has 0 spiro atoms. The Labute approximate surface area is 231 Å². The van der Waals surface area contributed by atoms with Crippen molar-refractivity contribution in [3.8, 4) is 0 Å². The van der Waals surface area contributed by atoms with Crippen molar-refractivity contribution in [1.29, 1.82) is 0 Å². The Bertz CT molecular complexity index is 807. The standard InChI is InChI=1S/C27H45N3O9/c1-25(2,3)37-22(31)34-16-10-13-28-19(16)29-14-11-17(35-23(32)38-26(4,5)6)21(29)30-15-12-18(20(28)30)36-24(33)39-27(7,8)9/h16-21H,10-15H2,1-9H3/t16-,17-,18-,19?,20?,21?/m0/s1. The molecule has 0 aliphatic carbocycles. The SMILES string of the molecule is CC(C)(C)OC(=O)O[C@H]1CCN2C1N1CC[C@H](OC(=O)OC(C)(C)C)C1N1CC[C@H](OC(=O)OC(C)(C)C)C21. The van der Waals surface area contributed by atoms with Gasteiger partial charge in [0, 0.05) is 38.9 Å². The smallest absolute Gasteiger partial charge is 0.429 e. The van der Waals surface area contributed by atoms with Crippen molar-refractivity contribution in [2.45, 2.75) is 135 Å². The molecule has 39 heavy (non-hydrogen) atoms. The van der Waals surface area contributed by atoms with E-state index in [1.807, 2.05) is 0 Å². The number of hydrogen-bond acceptors (Lipinski definition) is 12. The molecular weight excluding hydrogens is 510 g/mol. The molecule has 0 bridgehead atoms. The summed E-state index contributed by atoms with van der Waals surface area (Å²) in [4.78, 5) is 44.6. The number of fused-ring (bicyclic) bond motifs is 6. The molecule has 0 aromatic rings. The highest BCUT2D eigenvalue weighted by Gasteiger charge is 2.61. The summed E-state index contributed by atoms with van der Waals surface area (Å²) in [5, 5.41) is 0. The topological polar surface area (TPSA) is 116 Å². The van der Waals surface area contributed by atoms with E-state index in [0.717, 1.165) is 0 Å². The van der Waals surface area contributed by atoms with E-state index in [2.05, 4.69) is 14.7 Å². The molecule has 0 aromatic carbocycles. The summed E-state index contributed by atoms with van der Waals surface area (Å²) >= 11 is 0. The van der Waals surface area contributed by atoms with Crippen molar-refractivity contribution < 1.29 is 42.8 Å². The second kappa shape index (κ2) is 10.6. The third-order valence-electron chi connectivity index (χ3n) is 6.96. The predicted octanol–water partition coefficient (Wildman–Crippen LogP) is 4.06.